The highest BCUT2D eigenvalue weighted by atomic mass is 16.7. The van der Waals surface area contributed by atoms with Crippen LogP contribution in [0.25, 0.3) is 0 Å². The van der Waals surface area contributed by atoms with Crippen molar-refractivity contribution in [3.8, 4) is 11.5 Å². The van der Waals surface area contributed by atoms with Crippen molar-refractivity contribution in [3.63, 3.8) is 0 Å². The third-order valence-corrected chi connectivity index (χ3v) is 10.7. The first kappa shape index (κ1) is 23.1. The number of hydrogen-bond acceptors (Lipinski definition) is 6. The number of carbonyl (C=O) groups excluding carboxylic acids is 3. The van der Waals surface area contributed by atoms with E-state index in [9.17, 15) is 14.4 Å². The number of anilines is 1. The summed E-state index contributed by atoms with van der Waals surface area (Å²) in [6, 6.07) is 5.28. The number of benzene rings is 1. The Kier molecular flexibility index (Phi) is 4.81. The Morgan fingerprint density at radius 3 is 2.73 bits per heavy atom. The van der Waals surface area contributed by atoms with Crippen molar-refractivity contribution in [1.29, 1.82) is 0 Å². The van der Waals surface area contributed by atoms with Gasteiger partial charge in [-0.15, -0.1) is 0 Å². The fourth-order valence-electron chi connectivity index (χ4n) is 9.01. The molecule has 2 unspecified atom stereocenters. The van der Waals surface area contributed by atoms with E-state index in [0.29, 0.717) is 29.5 Å². The van der Waals surface area contributed by atoms with Crippen LogP contribution in [0.5, 0.6) is 11.5 Å². The Bertz CT molecular complexity index is 1280. The fraction of sp³-hybridized carbons (Fsp3) is 0.567. The molecule has 6 aliphatic rings. The van der Waals surface area contributed by atoms with Crippen LogP contribution in [0.1, 0.15) is 46.5 Å². The normalized spacial score (nSPS) is 42.1. The van der Waals surface area contributed by atoms with Crippen LogP contribution in [0.2, 0.25) is 0 Å². The number of carbonyl (C=O) groups is 3. The minimum Gasteiger partial charge on any atom is -0.454 e. The summed E-state index contributed by atoms with van der Waals surface area (Å²) in [5.74, 6) is 2.67. The van der Waals surface area contributed by atoms with E-state index in [4.69, 9.17) is 14.2 Å². The van der Waals surface area contributed by atoms with Gasteiger partial charge in [0, 0.05) is 34.9 Å². The quantitative estimate of drug-likeness (QED) is 0.601. The standard InChI is InChI=1S/C30H33NO6/c1-15(32)20-7-8-21-18-6-4-16-10-23(33)19-12-22(19)30(16,3)27(18)26(13-29(20,21)2)37-28(34)31-17-5-9-24-25(11-17)36-14-35-24/h4-6,9-11,18-22,26-27H,7-8,12-14H2,1-3H3,(H,31,34)/t18-,19?,20+,21-,22?,26-,27-,29+,30-/m0/s1. The van der Waals surface area contributed by atoms with Gasteiger partial charge in [-0.2, -0.15) is 0 Å². The fourth-order valence-corrected chi connectivity index (χ4v) is 9.01. The van der Waals surface area contributed by atoms with Crippen molar-refractivity contribution >= 4 is 23.3 Å². The average molecular weight is 504 g/mol. The Labute approximate surface area is 216 Å². The number of Topliss-reactive ketones (excluding diaryl/α,β-unsaturated/α-hetero) is 1. The second-order valence-electron chi connectivity index (χ2n) is 12.4. The highest BCUT2D eigenvalue weighted by Gasteiger charge is 2.68. The lowest BCUT2D eigenvalue weighted by Crippen LogP contribution is -2.57. The average Bonchev–Trinajstić information content (AvgIpc) is 3.41. The van der Waals surface area contributed by atoms with Crippen LogP contribution in [0, 0.1) is 46.3 Å². The maximum atomic E-state index is 13.3. The summed E-state index contributed by atoms with van der Waals surface area (Å²) < 4.78 is 17.1. The molecule has 9 atom stereocenters. The molecule has 3 saturated carbocycles. The lowest BCUT2D eigenvalue weighted by atomic mass is 9.47. The third kappa shape index (κ3) is 3.21. The van der Waals surface area contributed by atoms with Gasteiger partial charge in [0.05, 0.1) is 0 Å². The number of hydrogen-bond donors (Lipinski definition) is 1. The minimum atomic E-state index is -0.509. The van der Waals surface area contributed by atoms with E-state index in [1.54, 1.807) is 25.1 Å². The van der Waals surface area contributed by atoms with E-state index in [1.165, 1.54) is 0 Å². The Hall–Kier alpha value is -3.09. The van der Waals surface area contributed by atoms with Crippen molar-refractivity contribution in [2.75, 3.05) is 12.1 Å². The maximum absolute atomic E-state index is 13.3. The first-order valence-corrected chi connectivity index (χ1v) is 13.5. The smallest absolute Gasteiger partial charge is 0.411 e. The van der Waals surface area contributed by atoms with Crippen LogP contribution in [0.3, 0.4) is 0 Å². The largest absolute Gasteiger partial charge is 0.454 e. The second-order valence-corrected chi connectivity index (χ2v) is 12.4. The molecule has 1 aliphatic heterocycles. The molecule has 0 aromatic heterocycles. The number of ether oxygens (including phenoxy) is 3. The molecule has 0 bridgehead atoms. The maximum Gasteiger partial charge on any atom is 0.411 e. The molecule has 0 spiro atoms. The van der Waals surface area contributed by atoms with E-state index >= 15 is 0 Å². The lowest BCUT2D eigenvalue weighted by Gasteiger charge is -2.58. The van der Waals surface area contributed by atoms with Crippen LogP contribution in [-0.4, -0.2) is 30.6 Å². The predicted octanol–water partition coefficient (Wildman–Crippen LogP) is 5.31. The zero-order chi connectivity index (χ0) is 25.7. The molecule has 194 valence electrons. The third-order valence-electron chi connectivity index (χ3n) is 10.7. The van der Waals surface area contributed by atoms with E-state index in [0.717, 1.165) is 24.8 Å². The molecule has 7 rings (SSSR count). The summed E-state index contributed by atoms with van der Waals surface area (Å²) in [5.41, 5.74) is 1.20. The van der Waals surface area contributed by atoms with Crippen molar-refractivity contribution in [2.45, 2.75) is 52.6 Å². The molecule has 1 aromatic rings. The summed E-state index contributed by atoms with van der Waals surface area (Å²) in [5, 5.41) is 2.88. The second kappa shape index (κ2) is 7.71. The molecule has 37 heavy (non-hydrogen) atoms. The first-order valence-electron chi connectivity index (χ1n) is 13.5. The van der Waals surface area contributed by atoms with Crippen LogP contribution >= 0.6 is 0 Å². The van der Waals surface area contributed by atoms with Gasteiger partial charge < -0.3 is 14.2 Å². The van der Waals surface area contributed by atoms with Gasteiger partial charge >= 0.3 is 6.09 Å². The zero-order valence-electron chi connectivity index (χ0n) is 21.5. The molecular weight excluding hydrogens is 470 g/mol. The number of rotatable bonds is 3. The lowest BCUT2D eigenvalue weighted by molar-refractivity contribution is -0.135. The van der Waals surface area contributed by atoms with Crippen LogP contribution in [-0.2, 0) is 14.3 Å². The van der Waals surface area contributed by atoms with Crippen molar-refractivity contribution in [2.24, 2.45) is 46.3 Å². The highest BCUT2D eigenvalue weighted by Crippen LogP contribution is 2.70. The summed E-state index contributed by atoms with van der Waals surface area (Å²) in [7, 11) is 0. The molecule has 1 aromatic carbocycles. The Morgan fingerprint density at radius 2 is 1.92 bits per heavy atom. The van der Waals surface area contributed by atoms with Gasteiger partial charge in [0.15, 0.2) is 17.3 Å². The van der Waals surface area contributed by atoms with E-state index in [1.807, 2.05) is 6.08 Å². The van der Waals surface area contributed by atoms with Crippen molar-refractivity contribution in [1.82, 2.24) is 0 Å². The van der Waals surface area contributed by atoms with Crippen molar-refractivity contribution < 1.29 is 28.6 Å². The van der Waals surface area contributed by atoms with Gasteiger partial charge in [0.1, 0.15) is 11.9 Å². The molecule has 7 nitrogen and oxygen atoms in total. The van der Waals surface area contributed by atoms with E-state index in [2.05, 4.69) is 31.3 Å². The monoisotopic (exact) mass is 503 g/mol. The van der Waals surface area contributed by atoms with E-state index in [-0.39, 0.29) is 64.9 Å². The first-order chi connectivity index (χ1) is 17.7. The number of allylic oxidation sites excluding steroid dienone is 4. The van der Waals surface area contributed by atoms with Gasteiger partial charge in [0.2, 0.25) is 6.79 Å². The molecule has 3 fully saturated rings. The van der Waals surface area contributed by atoms with Gasteiger partial charge in [0.25, 0.3) is 0 Å². The SMILES string of the molecule is CC(=O)[C@H]1CC[C@H]2[C@@H]3C=CC4=CC(=O)C5CC5[C@@]4(C)[C@@H]3[C@@H](OC(=O)Nc3ccc4c(c3)OCO4)C[C@]12C. The molecule has 1 heterocycles. The molecule has 7 heteroatoms. The van der Waals surface area contributed by atoms with Crippen molar-refractivity contribution in [3.05, 3.63) is 42.0 Å². The zero-order valence-corrected chi connectivity index (χ0v) is 21.5. The van der Waals surface area contributed by atoms with Gasteiger partial charge in [-0.25, -0.2) is 4.79 Å². The molecular formula is C30H33NO6. The van der Waals surface area contributed by atoms with Gasteiger partial charge in [-0.1, -0.05) is 26.0 Å². The highest BCUT2D eigenvalue weighted by molar-refractivity contribution is 5.97. The molecule has 0 saturated heterocycles. The Morgan fingerprint density at radius 1 is 1.11 bits per heavy atom. The number of fused-ring (bicyclic) bond motifs is 8. The molecule has 1 amide bonds. The van der Waals surface area contributed by atoms with E-state index < -0.39 is 6.09 Å². The van der Waals surface area contributed by atoms with Gasteiger partial charge in [-0.05, 0) is 79.6 Å². The Balaban J connectivity index is 1.24. The molecule has 5 aliphatic carbocycles. The van der Waals surface area contributed by atoms with Crippen LogP contribution < -0.4 is 14.8 Å². The molecule has 0 radical (unpaired) electrons. The topological polar surface area (TPSA) is 90.9 Å². The van der Waals surface area contributed by atoms with Crippen LogP contribution in [0.4, 0.5) is 10.5 Å². The molecule has 1 N–H and O–H groups in total. The summed E-state index contributed by atoms with van der Waals surface area (Å²) in [4.78, 5) is 38.7. The predicted molar refractivity (Wildman–Crippen MR) is 135 cm³/mol. The number of amides is 1. The summed E-state index contributed by atoms with van der Waals surface area (Å²) in [6.07, 6.45) is 8.82. The number of nitrogens with one attached hydrogen (secondary N) is 1. The minimum absolute atomic E-state index is 0.0266. The summed E-state index contributed by atoms with van der Waals surface area (Å²) in [6.45, 7) is 6.37. The number of ketones is 2. The van der Waals surface area contributed by atoms with Crippen LogP contribution in [0.15, 0.2) is 42.0 Å². The van der Waals surface area contributed by atoms with Gasteiger partial charge in [-0.3, -0.25) is 14.9 Å². The summed E-state index contributed by atoms with van der Waals surface area (Å²) >= 11 is 0.